The summed E-state index contributed by atoms with van der Waals surface area (Å²) in [4.78, 5) is 42.3. The maximum Gasteiger partial charge on any atom is 0.239 e. The lowest BCUT2D eigenvalue weighted by atomic mass is 9.48. The second-order valence-electron chi connectivity index (χ2n) is 9.71. The number of hydrogen-bond acceptors (Lipinski definition) is 5. The molecule has 4 aromatic carbocycles. The summed E-state index contributed by atoms with van der Waals surface area (Å²) >= 11 is 0. The van der Waals surface area contributed by atoms with Crippen molar-refractivity contribution in [3.63, 3.8) is 0 Å². The number of nitrogens with zero attached hydrogens (tertiary/aromatic N) is 3. The predicted molar refractivity (Wildman–Crippen MR) is 138 cm³/mol. The van der Waals surface area contributed by atoms with E-state index in [0.29, 0.717) is 11.4 Å². The topological polar surface area (TPSA) is 79.2 Å². The van der Waals surface area contributed by atoms with Crippen molar-refractivity contribution in [1.29, 1.82) is 0 Å². The van der Waals surface area contributed by atoms with Gasteiger partial charge < -0.3 is 4.79 Å². The molecule has 0 unspecified atom stereocenters. The van der Waals surface area contributed by atoms with Crippen molar-refractivity contribution >= 4 is 35.2 Å². The van der Waals surface area contributed by atoms with Gasteiger partial charge in [0.1, 0.15) is 6.29 Å². The average Bonchev–Trinajstić information content (AvgIpc) is 3.23. The smallest absolute Gasteiger partial charge is 0.239 e. The summed E-state index contributed by atoms with van der Waals surface area (Å²) in [6, 6.07) is 31.7. The van der Waals surface area contributed by atoms with Crippen molar-refractivity contribution in [3.8, 4) is 0 Å². The number of amides is 2. The number of carbonyl (C=O) groups excluding carboxylic acids is 3. The zero-order valence-corrected chi connectivity index (χ0v) is 19.7. The van der Waals surface area contributed by atoms with Gasteiger partial charge in [-0.15, -0.1) is 0 Å². The Labute approximate surface area is 213 Å². The largest absolute Gasteiger partial charge is 0.302 e. The summed E-state index contributed by atoms with van der Waals surface area (Å²) in [5.41, 5.74) is 4.17. The van der Waals surface area contributed by atoms with Gasteiger partial charge in [-0.3, -0.25) is 9.59 Å². The zero-order chi connectivity index (χ0) is 25.1. The Balaban J connectivity index is 1.31. The fourth-order valence-electron chi connectivity index (χ4n) is 6.56. The van der Waals surface area contributed by atoms with Crippen LogP contribution in [-0.4, -0.2) is 18.1 Å². The van der Waals surface area contributed by atoms with Crippen LogP contribution in [0.25, 0.3) is 0 Å². The van der Waals surface area contributed by atoms with Crippen molar-refractivity contribution in [1.82, 2.24) is 0 Å². The van der Waals surface area contributed by atoms with Gasteiger partial charge in [0.25, 0.3) is 0 Å². The Kier molecular flexibility index (Phi) is 4.60. The second kappa shape index (κ2) is 7.90. The molecule has 1 saturated heterocycles. The molecule has 1 fully saturated rings. The van der Waals surface area contributed by atoms with Crippen molar-refractivity contribution in [2.75, 3.05) is 4.90 Å². The van der Waals surface area contributed by atoms with E-state index >= 15 is 0 Å². The van der Waals surface area contributed by atoms with Crippen molar-refractivity contribution < 1.29 is 14.4 Å². The number of azo groups is 1. The average molecular weight is 484 g/mol. The Hall–Kier alpha value is -4.71. The molecule has 37 heavy (non-hydrogen) atoms. The Bertz CT molecular complexity index is 1560. The van der Waals surface area contributed by atoms with Crippen LogP contribution in [0.4, 0.5) is 17.1 Å². The molecule has 6 heteroatoms. The lowest BCUT2D eigenvalue weighted by molar-refractivity contribution is -0.128. The lowest BCUT2D eigenvalue weighted by Gasteiger charge is -2.51. The summed E-state index contributed by atoms with van der Waals surface area (Å²) in [6.07, 6.45) is 0.888. The molecule has 2 atom stereocenters. The van der Waals surface area contributed by atoms with E-state index in [1.807, 2.05) is 78.9 Å². The molecule has 0 radical (unpaired) electrons. The highest BCUT2D eigenvalue weighted by Crippen LogP contribution is 2.63. The molecule has 1 heterocycles. The molecule has 2 amide bonds. The monoisotopic (exact) mass is 483 g/mol. The molecular formula is C31H21N3O3. The predicted octanol–water partition coefficient (Wildman–Crippen LogP) is 5.85. The molecule has 2 bridgehead atoms. The molecule has 178 valence electrons. The van der Waals surface area contributed by atoms with Gasteiger partial charge in [-0.2, -0.15) is 10.2 Å². The first-order valence-corrected chi connectivity index (χ1v) is 12.2. The van der Waals surface area contributed by atoms with Crippen LogP contribution in [0.2, 0.25) is 0 Å². The molecule has 0 saturated carbocycles. The van der Waals surface area contributed by atoms with E-state index in [4.69, 9.17) is 0 Å². The third-order valence-electron chi connectivity index (χ3n) is 8.01. The number of rotatable bonds is 4. The van der Waals surface area contributed by atoms with E-state index < -0.39 is 17.3 Å². The maximum atomic E-state index is 14.0. The highest BCUT2D eigenvalue weighted by molar-refractivity contribution is 6.24. The van der Waals surface area contributed by atoms with Crippen LogP contribution in [0, 0.1) is 11.8 Å². The van der Waals surface area contributed by atoms with Gasteiger partial charge in [-0.1, -0.05) is 66.7 Å². The third kappa shape index (κ3) is 2.84. The van der Waals surface area contributed by atoms with E-state index in [0.717, 1.165) is 34.2 Å². The molecule has 0 aromatic heterocycles. The molecule has 8 rings (SSSR count). The summed E-state index contributed by atoms with van der Waals surface area (Å²) in [7, 11) is 0. The van der Waals surface area contributed by atoms with E-state index in [-0.39, 0.29) is 17.7 Å². The summed E-state index contributed by atoms with van der Waals surface area (Å²) in [5.74, 6) is -2.31. The number of benzene rings is 4. The van der Waals surface area contributed by atoms with Crippen LogP contribution in [0.3, 0.4) is 0 Å². The van der Waals surface area contributed by atoms with Gasteiger partial charge in [0.15, 0.2) is 0 Å². The number of imide groups is 1. The normalized spacial score (nSPS) is 25.2. The molecule has 6 nitrogen and oxygen atoms in total. The van der Waals surface area contributed by atoms with Crippen molar-refractivity contribution in [3.05, 3.63) is 125 Å². The SMILES string of the molecule is O=CC12c3ccccc3C(c3ccccc31)[C@H]1C(=O)N(c3ccc(N=Nc4ccccc4)cc3)C(=O)[C@H]12. The molecule has 3 aliphatic carbocycles. The first kappa shape index (κ1) is 21.6. The third-order valence-corrected chi connectivity index (χ3v) is 8.01. The molecule has 4 aliphatic rings. The number of aldehydes is 1. The summed E-state index contributed by atoms with van der Waals surface area (Å²) in [6.45, 7) is 0. The van der Waals surface area contributed by atoms with Crippen LogP contribution in [0.15, 0.2) is 113 Å². The van der Waals surface area contributed by atoms with Gasteiger partial charge in [0, 0.05) is 5.92 Å². The fraction of sp³-hybridized carbons (Fsp3) is 0.129. The first-order valence-electron chi connectivity index (χ1n) is 12.2. The van der Waals surface area contributed by atoms with E-state index in [1.54, 1.807) is 24.3 Å². The lowest BCUT2D eigenvalue weighted by Crippen LogP contribution is -2.54. The van der Waals surface area contributed by atoms with Crippen LogP contribution in [0.1, 0.15) is 28.2 Å². The summed E-state index contributed by atoms with van der Waals surface area (Å²) < 4.78 is 0. The second-order valence-corrected chi connectivity index (χ2v) is 9.71. The van der Waals surface area contributed by atoms with E-state index in [2.05, 4.69) is 10.2 Å². The molecule has 1 aliphatic heterocycles. The quantitative estimate of drug-likeness (QED) is 0.207. The first-order chi connectivity index (χ1) is 18.1. The van der Waals surface area contributed by atoms with Crippen LogP contribution >= 0.6 is 0 Å². The van der Waals surface area contributed by atoms with E-state index in [1.165, 1.54) is 4.90 Å². The maximum absolute atomic E-state index is 14.0. The van der Waals surface area contributed by atoms with Gasteiger partial charge in [0.2, 0.25) is 11.8 Å². The fourth-order valence-corrected chi connectivity index (χ4v) is 6.56. The number of hydrogen-bond donors (Lipinski definition) is 0. The number of anilines is 1. The molecule has 0 N–H and O–H groups in total. The van der Waals surface area contributed by atoms with Crippen LogP contribution < -0.4 is 4.90 Å². The van der Waals surface area contributed by atoms with Gasteiger partial charge in [-0.25, -0.2) is 4.90 Å². The van der Waals surface area contributed by atoms with Crippen molar-refractivity contribution in [2.45, 2.75) is 11.3 Å². The van der Waals surface area contributed by atoms with Crippen LogP contribution in [0.5, 0.6) is 0 Å². The van der Waals surface area contributed by atoms with E-state index in [9.17, 15) is 14.4 Å². The Morgan fingerprint density at radius 3 is 1.78 bits per heavy atom. The molecule has 0 spiro atoms. The van der Waals surface area contributed by atoms with Gasteiger partial charge >= 0.3 is 0 Å². The molecule has 4 aromatic rings. The minimum absolute atomic E-state index is 0.270. The Morgan fingerprint density at radius 1 is 0.649 bits per heavy atom. The standard InChI is InChI=1S/C31H21N3O3/c35-18-31-24-12-6-4-10-22(24)26(23-11-5-7-13-25(23)31)27-28(31)30(37)34(29(27)36)21-16-14-20(15-17-21)33-32-19-8-2-1-3-9-19/h1-18,26-28H/t26?,27-,28+,31?/m1/s1. The molecular weight excluding hydrogens is 462 g/mol. The zero-order valence-electron chi connectivity index (χ0n) is 19.7. The number of carbonyl (C=O) groups is 3. The highest BCUT2D eigenvalue weighted by atomic mass is 16.2. The van der Waals surface area contributed by atoms with Gasteiger partial charge in [0.05, 0.1) is 34.3 Å². The van der Waals surface area contributed by atoms with Crippen LogP contribution in [-0.2, 0) is 19.8 Å². The minimum Gasteiger partial charge on any atom is -0.302 e. The summed E-state index contributed by atoms with van der Waals surface area (Å²) in [5, 5.41) is 8.48. The van der Waals surface area contributed by atoms with Gasteiger partial charge in [-0.05, 0) is 58.7 Å². The Morgan fingerprint density at radius 2 is 1.19 bits per heavy atom. The minimum atomic E-state index is -1.20. The van der Waals surface area contributed by atoms with Crippen molar-refractivity contribution in [2.24, 2.45) is 22.1 Å². The highest BCUT2D eigenvalue weighted by Gasteiger charge is 2.68.